The summed E-state index contributed by atoms with van der Waals surface area (Å²) in [6.45, 7) is 0. The molecule has 0 aliphatic carbocycles. The summed E-state index contributed by atoms with van der Waals surface area (Å²) in [4.78, 5) is 13.8. The fourth-order valence-corrected chi connectivity index (χ4v) is 3.49. The number of hydrogen-bond acceptors (Lipinski definition) is 3. The fourth-order valence-electron chi connectivity index (χ4n) is 2.54. The highest BCUT2D eigenvalue weighted by molar-refractivity contribution is 7.12. The zero-order chi connectivity index (χ0) is 19.6. The lowest BCUT2D eigenvalue weighted by molar-refractivity contribution is -0.137. The molecule has 0 bridgehead atoms. The average molecular weight is 395 g/mol. The topological polar surface area (TPSA) is 50.2 Å². The van der Waals surface area contributed by atoms with E-state index in [0.717, 1.165) is 11.1 Å². The first-order chi connectivity index (χ1) is 12.7. The molecule has 0 aliphatic rings. The molecule has 2 aromatic carbocycles. The van der Waals surface area contributed by atoms with Gasteiger partial charge in [-0.25, -0.2) is 9.37 Å². The monoisotopic (exact) mass is 395 g/mol. The Labute approximate surface area is 155 Å². The minimum atomic E-state index is -4.58. The third-order valence-corrected chi connectivity index (χ3v) is 4.98. The number of hydrogen-bond donors (Lipinski definition) is 1. The van der Waals surface area contributed by atoms with Gasteiger partial charge in [0.2, 0.25) is 0 Å². The van der Waals surface area contributed by atoms with E-state index in [9.17, 15) is 22.4 Å². The average Bonchev–Trinajstić information content (AvgIpc) is 3.06. The van der Waals surface area contributed by atoms with Gasteiger partial charge in [-0.2, -0.15) is 13.2 Å². The van der Waals surface area contributed by atoms with Gasteiger partial charge in [0.05, 0.1) is 17.1 Å². The van der Waals surface area contributed by atoms with Gasteiger partial charge >= 0.3 is 12.1 Å². The van der Waals surface area contributed by atoms with Crippen LogP contribution in [0.25, 0.3) is 22.4 Å². The summed E-state index contributed by atoms with van der Waals surface area (Å²) in [6.07, 6.45) is -4.92. The molecular formula is C19H13F4NO2S. The first-order valence-corrected chi connectivity index (χ1v) is 8.71. The van der Waals surface area contributed by atoms with Crippen LogP contribution < -0.4 is 0 Å². The van der Waals surface area contributed by atoms with Crippen molar-refractivity contribution in [2.45, 2.75) is 19.0 Å². The van der Waals surface area contributed by atoms with Crippen LogP contribution in [-0.4, -0.2) is 16.1 Å². The molecule has 8 heteroatoms. The Morgan fingerprint density at radius 3 is 2.00 bits per heavy atom. The van der Waals surface area contributed by atoms with E-state index in [1.807, 2.05) is 0 Å². The van der Waals surface area contributed by atoms with Crippen LogP contribution in [0, 0.1) is 5.82 Å². The van der Waals surface area contributed by atoms with Crippen molar-refractivity contribution >= 4 is 17.3 Å². The maximum atomic E-state index is 13.3. The number of carboxylic acid groups (broad SMARTS) is 1. The highest BCUT2D eigenvalue weighted by Crippen LogP contribution is 2.41. The molecule has 0 fully saturated rings. The number of nitrogens with zero attached hydrogens (tertiary/aromatic N) is 1. The first kappa shape index (κ1) is 19.0. The van der Waals surface area contributed by atoms with Crippen molar-refractivity contribution in [3.05, 3.63) is 64.2 Å². The number of carboxylic acids is 1. The summed E-state index contributed by atoms with van der Waals surface area (Å²) in [7, 11) is 0. The van der Waals surface area contributed by atoms with Crippen LogP contribution in [0.1, 0.15) is 16.3 Å². The maximum Gasteiger partial charge on any atom is 0.427 e. The fraction of sp³-hybridized carbons (Fsp3) is 0.158. The van der Waals surface area contributed by atoms with Crippen LogP contribution >= 0.6 is 11.3 Å². The number of carbonyl (C=O) groups is 1. The summed E-state index contributed by atoms with van der Waals surface area (Å²) in [5.41, 5.74) is 1.54. The number of aliphatic carboxylic acids is 1. The van der Waals surface area contributed by atoms with Crippen molar-refractivity contribution in [1.29, 1.82) is 0 Å². The Hall–Kier alpha value is -2.74. The SMILES string of the molecule is O=C(O)CCc1nc(-c2ccc(-c3ccc(F)cc3)cc2)c(C(F)(F)F)s1. The van der Waals surface area contributed by atoms with E-state index in [2.05, 4.69) is 4.98 Å². The lowest BCUT2D eigenvalue weighted by atomic mass is 10.0. The zero-order valence-electron chi connectivity index (χ0n) is 13.8. The van der Waals surface area contributed by atoms with Gasteiger partial charge < -0.3 is 5.11 Å². The number of rotatable bonds is 5. The van der Waals surface area contributed by atoms with Crippen LogP contribution in [0.2, 0.25) is 0 Å². The Bertz CT molecular complexity index is 947. The molecule has 0 amide bonds. The molecule has 0 radical (unpaired) electrons. The highest BCUT2D eigenvalue weighted by Gasteiger charge is 2.37. The van der Waals surface area contributed by atoms with Crippen LogP contribution in [0.15, 0.2) is 48.5 Å². The molecule has 1 N–H and O–H groups in total. The number of thiazole rings is 1. The maximum absolute atomic E-state index is 13.3. The molecule has 140 valence electrons. The van der Waals surface area contributed by atoms with Gasteiger partial charge in [0.1, 0.15) is 10.7 Å². The summed E-state index contributed by atoms with van der Waals surface area (Å²) in [5.74, 6) is -1.47. The second-order valence-electron chi connectivity index (χ2n) is 5.76. The van der Waals surface area contributed by atoms with Crippen molar-refractivity contribution < 1.29 is 27.5 Å². The van der Waals surface area contributed by atoms with Gasteiger partial charge in [0, 0.05) is 12.0 Å². The van der Waals surface area contributed by atoms with E-state index in [1.165, 1.54) is 24.3 Å². The van der Waals surface area contributed by atoms with Gasteiger partial charge in [0.25, 0.3) is 0 Å². The quantitative estimate of drug-likeness (QED) is 0.568. The van der Waals surface area contributed by atoms with Gasteiger partial charge in [0.15, 0.2) is 0 Å². The second-order valence-corrected chi connectivity index (χ2v) is 6.84. The van der Waals surface area contributed by atoms with Gasteiger partial charge in [-0.15, -0.1) is 11.3 Å². The first-order valence-electron chi connectivity index (χ1n) is 7.89. The van der Waals surface area contributed by atoms with E-state index in [1.54, 1.807) is 24.3 Å². The summed E-state index contributed by atoms with van der Waals surface area (Å²) in [5, 5.41) is 8.84. The van der Waals surface area contributed by atoms with Crippen molar-refractivity contribution in [2.75, 3.05) is 0 Å². The predicted octanol–water partition coefficient (Wildman–Crippen LogP) is 5.65. The van der Waals surface area contributed by atoms with Crippen molar-refractivity contribution in [3.63, 3.8) is 0 Å². The lowest BCUT2D eigenvalue weighted by Crippen LogP contribution is -2.03. The highest BCUT2D eigenvalue weighted by atomic mass is 32.1. The number of alkyl halides is 3. The Morgan fingerprint density at radius 2 is 1.48 bits per heavy atom. The smallest absolute Gasteiger partial charge is 0.427 e. The second kappa shape index (κ2) is 7.48. The third kappa shape index (κ3) is 4.51. The molecule has 1 heterocycles. The summed E-state index contributed by atoms with van der Waals surface area (Å²) < 4.78 is 53.0. The van der Waals surface area contributed by atoms with E-state index in [0.29, 0.717) is 11.3 Å². The molecule has 0 saturated heterocycles. The van der Waals surface area contributed by atoms with Crippen molar-refractivity contribution in [1.82, 2.24) is 4.98 Å². The van der Waals surface area contributed by atoms with Gasteiger partial charge in [-0.1, -0.05) is 36.4 Å². The number of halogens is 4. The van der Waals surface area contributed by atoms with E-state index in [4.69, 9.17) is 5.11 Å². The Balaban J connectivity index is 1.94. The minimum Gasteiger partial charge on any atom is -0.481 e. The van der Waals surface area contributed by atoms with Crippen molar-refractivity contribution in [3.8, 4) is 22.4 Å². The number of aryl methyl sites for hydroxylation is 1. The van der Waals surface area contributed by atoms with E-state index < -0.39 is 17.0 Å². The Morgan fingerprint density at radius 1 is 0.963 bits per heavy atom. The lowest BCUT2D eigenvalue weighted by Gasteiger charge is -2.07. The zero-order valence-corrected chi connectivity index (χ0v) is 14.6. The molecule has 0 saturated carbocycles. The molecule has 3 nitrogen and oxygen atoms in total. The molecule has 0 unspecified atom stereocenters. The molecule has 1 aromatic heterocycles. The van der Waals surface area contributed by atoms with Gasteiger partial charge in [-0.05, 0) is 23.3 Å². The minimum absolute atomic E-state index is 0.0588. The normalized spacial score (nSPS) is 11.6. The number of benzene rings is 2. The third-order valence-electron chi connectivity index (χ3n) is 3.82. The van der Waals surface area contributed by atoms with Crippen LogP contribution in [0.4, 0.5) is 17.6 Å². The van der Waals surface area contributed by atoms with Crippen molar-refractivity contribution in [2.24, 2.45) is 0 Å². The van der Waals surface area contributed by atoms with E-state index in [-0.39, 0.29) is 34.9 Å². The molecule has 0 spiro atoms. The molecular weight excluding hydrogens is 382 g/mol. The van der Waals surface area contributed by atoms with Crippen LogP contribution in [0.5, 0.6) is 0 Å². The number of aromatic nitrogens is 1. The summed E-state index contributed by atoms with van der Waals surface area (Å²) in [6, 6.07) is 12.1. The van der Waals surface area contributed by atoms with E-state index >= 15 is 0 Å². The molecule has 3 aromatic rings. The predicted molar refractivity (Wildman–Crippen MR) is 93.9 cm³/mol. The summed E-state index contributed by atoms with van der Waals surface area (Å²) >= 11 is 0.464. The molecule has 0 atom stereocenters. The van der Waals surface area contributed by atoms with Crippen LogP contribution in [0.3, 0.4) is 0 Å². The standard InChI is InChI=1S/C19H13F4NO2S/c20-14-7-5-12(6-8-14)11-1-3-13(4-2-11)17-18(19(21,22)23)27-15(24-17)9-10-16(25)26/h1-8H,9-10H2,(H,25,26). The van der Waals surface area contributed by atoms with Gasteiger partial charge in [-0.3, -0.25) is 4.79 Å². The Kier molecular flexibility index (Phi) is 5.27. The van der Waals surface area contributed by atoms with Crippen LogP contribution in [-0.2, 0) is 17.4 Å². The molecule has 0 aliphatic heterocycles. The molecule has 3 rings (SSSR count). The molecule has 27 heavy (non-hydrogen) atoms. The largest absolute Gasteiger partial charge is 0.481 e.